The van der Waals surface area contributed by atoms with Crippen molar-refractivity contribution < 1.29 is 6.15 Å². The van der Waals surface area contributed by atoms with Crippen LogP contribution in [0.1, 0.15) is 27.7 Å². The van der Waals surface area contributed by atoms with Crippen LogP contribution in [0.5, 0.6) is 0 Å². The van der Waals surface area contributed by atoms with Gasteiger partial charge >= 0.3 is 88.0 Å². The Bertz CT molecular complexity index is 119. The van der Waals surface area contributed by atoms with Crippen LogP contribution in [0, 0.1) is 11.8 Å². The van der Waals surface area contributed by atoms with Gasteiger partial charge < -0.3 is 0 Å². The summed E-state index contributed by atoms with van der Waals surface area (Å²) in [5.41, 5.74) is 0. The topological polar surface area (TPSA) is 18.5 Å². The van der Waals surface area contributed by atoms with Gasteiger partial charge in [-0.3, -0.25) is 0 Å². The van der Waals surface area contributed by atoms with E-state index in [1.807, 2.05) is 0 Å². The van der Waals surface area contributed by atoms with Crippen LogP contribution >= 0.6 is 0 Å². The molecular formula is C10H24O2Sn. The van der Waals surface area contributed by atoms with E-state index >= 15 is 0 Å². The molecule has 0 atom stereocenters. The predicted octanol–water partition coefficient (Wildman–Crippen LogP) is 3.03. The normalized spacial score (nSPS) is 12.9. The Hall–Kier alpha value is 0.719. The molecular weight excluding hydrogens is 271 g/mol. The van der Waals surface area contributed by atoms with Crippen molar-refractivity contribution in [3.8, 4) is 0 Å². The summed E-state index contributed by atoms with van der Waals surface area (Å²) in [5.74, 6) is 1.22. The average Bonchev–Trinajstić information content (AvgIpc) is 1.98. The first-order chi connectivity index (χ1) is 5.83. The van der Waals surface area contributed by atoms with Gasteiger partial charge in [0.1, 0.15) is 0 Å². The minimum atomic E-state index is -2.54. The van der Waals surface area contributed by atoms with Gasteiger partial charge in [0.25, 0.3) is 0 Å². The second-order valence-electron chi connectivity index (χ2n) is 4.81. The fraction of sp³-hybridized carbons (Fsp3) is 1.00. The fourth-order valence-corrected chi connectivity index (χ4v) is 5.21. The third kappa shape index (κ3) is 9.03. The van der Waals surface area contributed by atoms with Crippen LogP contribution in [0.15, 0.2) is 0 Å². The number of hydrogen-bond acceptors (Lipinski definition) is 2. The van der Waals surface area contributed by atoms with Crippen LogP contribution in [0.2, 0.25) is 9.88 Å². The first-order valence-corrected chi connectivity index (χ1v) is 13.2. The molecule has 0 aliphatic carbocycles. The van der Waals surface area contributed by atoms with Crippen molar-refractivity contribution in [2.75, 3.05) is 13.2 Å². The molecule has 0 saturated carbocycles. The summed E-state index contributed by atoms with van der Waals surface area (Å²) in [5, 5.41) is 0. The Balaban J connectivity index is 3.66. The molecule has 0 aromatic heterocycles. The van der Waals surface area contributed by atoms with Gasteiger partial charge in [0.15, 0.2) is 0 Å². The van der Waals surface area contributed by atoms with Gasteiger partial charge in [-0.05, 0) is 0 Å². The van der Waals surface area contributed by atoms with Gasteiger partial charge in [-0.1, -0.05) is 0 Å². The van der Waals surface area contributed by atoms with E-state index < -0.39 is 19.2 Å². The van der Waals surface area contributed by atoms with Crippen molar-refractivity contribution in [1.29, 1.82) is 0 Å². The van der Waals surface area contributed by atoms with E-state index in [1.165, 1.54) is 0 Å². The van der Waals surface area contributed by atoms with Crippen LogP contribution in [0.25, 0.3) is 0 Å². The molecule has 0 rings (SSSR count). The average molecular weight is 295 g/mol. The summed E-state index contributed by atoms with van der Waals surface area (Å²) in [6.45, 7) is 10.4. The van der Waals surface area contributed by atoms with Crippen LogP contribution in [0.3, 0.4) is 0 Å². The number of rotatable bonds is 6. The minimum absolute atomic E-state index is 0.610. The summed E-state index contributed by atoms with van der Waals surface area (Å²) in [6.07, 6.45) is 0. The first-order valence-electron chi connectivity index (χ1n) is 5.11. The molecule has 0 heterocycles. The van der Waals surface area contributed by atoms with Crippen LogP contribution in [0.4, 0.5) is 0 Å². The second kappa shape index (κ2) is 6.25. The molecule has 2 nitrogen and oxygen atoms in total. The molecule has 0 N–H and O–H groups in total. The zero-order valence-corrected chi connectivity index (χ0v) is 12.7. The maximum atomic E-state index is 5.83. The summed E-state index contributed by atoms with van der Waals surface area (Å²) in [6, 6.07) is 0. The molecule has 0 bridgehead atoms. The first kappa shape index (κ1) is 13.7. The molecule has 13 heavy (non-hydrogen) atoms. The molecule has 0 aromatic rings. The predicted molar refractivity (Wildman–Crippen MR) is 59.1 cm³/mol. The van der Waals surface area contributed by atoms with E-state index in [9.17, 15) is 0 Å². The molecule has 0 radical (unpaired) electrons. The van der Waals surface area contributed by atoms with Gasteiger partial charge in [-0.25, -0.2) is 0 Å². The Labute approximate surface area is 88.0 Å². The standard InChI is InChI=1S/2C4H9O.2CH3.Sn/c2*1-4(2)3-5;;;/h2*4H,3H2,1-2H3;2*1H3;/q2*-1;;;+2. The quantitative estimate of drug-likeness (QED) is 0.701. The van der Waals surface area contributed by atoms with E-state index in [0.717, 1.165) is 13.2 Å². The maximum absolute atomic E-state index is 5.83. The Kier molecular flexibility index (Phi) is 6.59. The van der Waals surface area contributed by atoms with E-state index in [1.54, 1.807) is 0 Å². The number of hydrogen-bond donors (Lipinski definition) is 0. The summed E-state index contributed by atoms with van der Waals surface area (Å²) >= 11 is -2.54. The Morgan fingerprint density at radius 3 is 1.38 bits per heavy atom. The monoisotopic (exact) mass is 296 g/mol. The summed E-state index contributed by atoms with van der Waals surface area (Å²) in [7, 11) is 0. The molecule has 0 saturated heterocycles. The van der Waals surface area contributed by atoms with E-state index in [0.29, 0.717) is 11.8 Å². The molecule has 80 valence electrons. The van der Waals surface area contributed by atoms with E-state index in [2.05, 4.69) is 37.6 Å². The third-order valence-corrected chi connectivity index (χ3v) is 6.45. The van der Waals surface area contributed by atoms with Crippen molar-refractivity contribution in [2.24, 2.45) is 11.8 Å². The van der Waals surface area contributed by atoms with Crippen molar-refractivity contribution in [3.05, 3.63) is 0 Å². The van der Waals surface area contributed by atoms with Gasteiger partial charge in [0, 0.05) is 0 Å². The van der Waals surface area contributed by atoms with Crippen LogP contribution < -0.4 is 0 Å². The molecule has 0 aliphatic rings. The van der Waals surface area contributed by atoms with Gasteiger partial charge in [-0.15, -0.1) is 0 Å². The molecule has 0 amide bonds. The molecule has 0 spiro atoms. The molecule has 0 aromatic carbocycles. The van der Waals surface area contributed by atoms with Crippen molar-refractivity contribution in [2.45, 2.75) is 37.6 Å². The zero-order valence-electron chi connectivity index (χ0n) is 9.89. The molecule has 0 aliphatic heterocycles. The van der Waals surface area contributed by atoms with Gasteiger partial charge in [0.05, 0.1) is 0 Å². The van der Waals surface area contributed by atoms with Crippen LogP contribution in [-0.2, 0) is 6.15 Å². The van der Waals surface area contributed by atoms with Crippen molar-refractivity contribution >= 4 is 19.2 Å². The molecule has 3 heteroatoms. The van der Waals surface area contributed by atoms with Gasteiger partial charge in [0.2, 0.25) is 0 Å². The summed E-state index contributed by atoms with van der Waals surface area (Å²) in [4.78, 5) is 4.36. The summed E-state index contributed by atoms with van der Waals surface area (Å²) < 4.78 is 11.7. The van der Waals surface area contributed by atoms with Gasteiger partial charge in [-0.2, -0.15) is 0 Å². The zero-order chi connectivity index (χ0) is 10.5. The fourth-order valence-electron chi connectivity index (χ4n) is 0.776. The Morgan fingerprint density at radius 1 is 0.846 bits per heavy atom. The van der Waals surface area contributed by atoms with E-state index in [-0.39, 0.29) is 0 Å². The third-order valence-electron chi connectivity index (χ3n) is 1.53. The molecule has 0 fully saturated rings. The van der Waals surface area contributed by atoms with E-state index in [4.69, 9.17) is 6.15 Å². The molecule has 0 unspecified atom stereocenters. The van der Waals surface area contributed by atoms with Crippen molar-refractivity contribution in [3.63, 3.8) is 0 Å². The second-order valence-corrected chi connectivity index (χ2v) is 14.4. The SMILES string of the molecule is CC(C)C[O][Sn]([CH3])([CH3])[O]CC(C)C. The Morgan fingerprint density at radius 2 is 1.15 bits per heavy atom. The van der Waals surface area contributed by atoms with Crippen LogP contribution in [-0.4, -0.2) is 32.4 Å². The van der Waals surface area contributed by atoms with Crippen molar-refractivity contribution in [1.82, 2.24) is 0 Å².